The number of nitrogens with zero attached hydrogens (tertiary/aromatic N) is 2. The van der Waals surface area contributed by atoms with Crippen LogP contribution in [0.4, 0.5) is 0 Å². The number of hydrogen-bond donors (Lipinski definition) is 0. The van der Waals surface area contributed by atoms with Crippen LogP contribution in [0.1, 0.15) is 25.3 Å². The molecule has 0 saturated heterocycles. The number of allylic oxidation sites excluding steroid dienone is 1. The maximum absolute atomic E-state index is 12.3. The van der Waals surface area contributed by atoms with Crippen LogP contribution in [0.25, 0.3) is 0 Å². The summed E-state index contributed by atoms with van der Waals surface area (Å²) in [6.45, 7) is 3.69. The third-order valence-electron chi connectivity index (χ3n) is 3.44. The summed E-state index contributed by atoms with van der Waals surface area (Å²) in [4.78, 5) is 16.5. The standard InChI is InChI=1S/C16H15ClN2O2S/c1-3-21-16(20)13-9(2)19-15(22)12(8-18)14(13)10-4-6-11(17)7-5-10/h4-7,12,14H,3H2,1-2H3,(H,19,22)/p-1/t12-,14+/m0/s1. The molecule has 22 heavy (non-hydrogen) atoms. The summed E-state index contributed by atoms with van der Waals surface area (Å²) in [5, 5.41) is 10.3. The smallest absolute Gasteiger partial charge is 0.336 e. The second kappa shape index (κ2) is 6.91. The number of aliphatic imine (C=N–C) groups is 1. The van der Waals surface area contributed by atoms with E-state index in [1.54, 1.807) is 38.1 Å². The fourth-order valence-electron chi connectivity index (χ4n) is 2.47. The Kier molecular flexibility index (Phi) is 5.17. The Morgan fingerprint density at radius 3 is 2.64 bits per heavy atom. The zero-order valence-corrected chi connectivity index (χ0v) is 13.7. The zero-order chi connectivity index (χ0) is 16.3. The summed E-state index contributed by atoms with van der Waals surface area (Å²) < 4.78 is 5.12. The van der Waals surface area contributed by atoms with E-state index in [0.29, 0.717) is 16.3 Å². The first kappa shape index (κ1) is 16.5. The number of nitriles is 1. The largest absolute Gasteiger partial charge is 0.763 e. The fraction of sp³-hybridized carbons (Fsp3) is 0.312. The van der Waals surface area contributed by atoms with Crippen molar-refractivity contribution in [1.82, 2.24) is 0 Å². The average molecular weight is 334 g/mol. The minimum absolute atomic E-state index is 0.255. The van der Waals surface area contributed by atoms with Gasteiger partial charge in [-0.25, -0.2) is 4.79 Å². The number of halogens is 1. The molecule has 1 aromatic carbocycles. The van der Waals surface area contributed by atoms with E-state index in [1.165, 1.54) is 0 Å². The first-order valence-electron chi connectivity index (χ1n) is 6.78. The number of ether oxygens (including phenoxy) is 1. The van der Waals surface area contributed by atoms with Gasteiger partial charge in [0.25, 0.3) is 0 Å². The van der Waals surface area contributed by atoms with Gasteiger partial charge in [0.15, 0.2) is 0 Å². The SMILES string of the molecule is CCOC(=O)C1=C(C)N=C([S-])[C@@H](C#N)[C@H]1c1ccc(Cl)cc1. The monoisotopic (exact) mass is 333 g/mol. The lowest BCUT2D eigenvalue weighted by atomic mass is 9.79. The molecule has 0 spiro atoms. The molecule has 1 aliphatic rings. The molecule has 0 fully saturated rings. The maximum atomic E-state index is 12.3. The molecule has 0 bridgehead atoms. The van der Waals surface area contributed by atoms with E-state index in [4.69, 9.17) is 29.0 Å². The highest BCUT2D eigenvalue weighted by Gasteiger charge is 2.35. The number of carbonyl (C=O) groups excluding carboxylic acids is 1. The normalized spacial score (nSPS) is 21.1. The maximum Gasteiger partial charge on any atom is 0.336 e. The lowest BCUT2D eigenvalue weighted by molar-refractivity contribution is -0.139. The minimum Gasteiger partial charge on any atom is -0.763 e. The molecule has 4 nitrogen and oxygen atoms in total. The summed E-state index contributed by atoms with van der Waals surface area (Å²) in [6.07, 6.45) is 0. The Labute approximate surface area is 139 Å². The Morgan fingerprint density at radius 2 is 2.09 bits per heavy atom. The van der Waals surface area contributed by atoms with Crippen molar-refractivity contribution in [3.05, 3.63) is 46.1 Å². The molecule has 0 radical (unpaired) electrons. The van der Waals surface area contributed by atoms with Crippen LogP contribution in [0.2, 0.25) is 5.02 Å². The quantitative estimate of drug-likeness (QED) is 0.628. The van der Waals surface area contributed by atoms with E-state index in [9.17, 15) is 10.1 Å². The van der Waals surface area contributed by atoms with Gasteiger partial charge in [-0.2, -0.15) is 5.26 Å². The summed E-state index contributed by atoms with van der Waals surface area (Å²) in [5.41, 5.74) is 1.66. The summed E-state index contributed by atoms with van der Waals surface area (Å²) in [6, 6.07) is 9.17. The van der Waals surface area contributed by atoms with E-state index in [1.807, 2.05) is 0 Å². The van der Waals surface area contributed by atoms with Crippen LogP contribution in [0, 0.1) is 17.2 Å². The lowest BCUT2D eigenvalue weighted by Crippen LogP contribution is -2.29. The molecule has 0 saturated carbocycles. The van der Waals surface area contributed by atoms with Crippen molar-refractivity contribution >= 4 is 35.2 Å². The zero-order valence-electron chi connectivity index (χ0n) is 12.2. The van der Waals surface area contributed by atoms with Crippen LogP contribution in [0.3, 0.4) is 0 Å². The van der Waals surface area contributed by atoms with Crippen LogP contribution in [0.15, 0.2) is 40.5 Å². The lowest BCUT2D eigenvalue weighted by Gasteiger charge is -2.33. The number of carbonyl (C=O) groups is 1. The molecule has 0 amide bonds. The van der Waals surface area contributed by atoms with Crippen molar-refractivity contribution < 1.29 is 9.53 Å². The van der Waals surface area contributed by atoms with Crippen molar-refractivity contribution in [2.24, 2.45) is 10.9 Å². The summed E-state index contributed by atoms with van der Waals surface area (Å²) >= 11 is 11.1. The number of esters is 1. The van der Waals surface area contributed by atoms with E-state index >= 15 is 0 Å². The van der Waals surface area contributed by atoms with Crippen molar-refractivity contribution in [2.45, 2.75) is 19.8 Å². The third kappa shape index (κ3) is 3.13. The van der Waals surface area contributed by atoms with Crippen LogP contribution in [-0.4, -0.2) is 17.6 Å². The van der Waals surface area contributed by atoms with E-state index in [0.717, 1.165) is 5.56 Å². The Balaban J connectivity index is 2.58. The molecule has 1 aliphatic heterocycles. The highest BCUT2D eigenvalue weighted by atomic mass is 35.5. The molecular weight excluding hydrogens is 320 g/mol. The van der Waals surface area contributed by atoms with Crippen molar-refractivity contribution in [2.75, 3.05) is 6.61 Å². The predicted octanol–water partition coefficient (Wildman–Crippen LogP) is 3.36. The van der Waals surface area contributed by atoms with Crippen LogP contribution >= 0.6 is 11.6 Å². The number of rotatable bonds is 3. The van der Waals surface area contributed by atoms with Crippen molar-refractivity contribution in [3.63, 3.8) is 0 Å². The highest BCUT2D eigenvalue weighted by molar-refractivity contribution is 7.77. The molecule has 0 unspecified atom stereocenters. The van der Waals surface area contributed by atoms with Gasteiger partial charge in [-0.15, -0.1) is 0 Å². The summed E-state index contributed by atoms with van der Waals surface area (Å²) in [7, 11) is 0. The van der Waals surface area contributed by atoms with Gasteiger partial charge in [-0.1, -0.05) is 28.8 Å². The molecule has 114 valence electrons. The van der Waals surface area contributed by atoms with Gasteiger partial charge >= 0.3 is 5.97 Å². The molecule has 0 N–H and O–H groups in total. The second-order valence-electron chi connectivity index (χ2n) is 4.81. The second-order valence-corrected chi connectivity index (χ2v) is 5.66. The predicted molar refractivity (Wildman–Crippen MR) is 87.4 cm³/mol. The van der Waals surface area contributed by atoms with Gasteiger partial charge in [0, 0.05) is 16.6 Å². The molecule has 0 aromatic heterocycles. The average Bonchev–Trinajstić information content (AvgIpc) is 2.47. The molecule has 1 heterocycles. The van der Waals surface area contributed by atoms with Gasteiger partial charge in [0.2, 0.25) is 0 Å². The molecule has 2 atom stereocenters. The van der Waals surface area contributed by atoms with Crippen molar-refractivity contribution in [1.29, 1.82) is 5.26 Å². The Bertz CT molecular complexity index is 689. The van der Waals surface area contributed by atoms with Gasteiger partial charge in [0.1, 0.15) is 0 Å². The first-order chi connectivity index (χ1) is 10.5. The van der Waals surface area contributed by atoms with E-state index in [2.05, 4.69) is 11.1 Å². The third-order valence-corrected chi connectivity index (χ3v) is 4.04. The highest BCUT2D eigenvalue weighted by Crippen LogP contribution is 2.39. The van der Waals surface area contributed by atoms with Crippen molar-refractivity contribution in [3.8, 4) is 6.07 Å². The van der Waals surface area contributed by atoms with Crippen LogP contribution in [0.5, 0.6) is 0 Å². The minimum atomic E-state index is -0.681. The molecule has 2 rings (SSSR count). The Hall–Kier alpha value is -1.90. The first-order valence-corrected chi connectivity index (χ1v) is 7.56. The van der Waals surface area contributed by atoms with E-state index in [-0.39, 0.29) is 11.7 Å². The molecule has 0 aliphatic carbocycles. The summed E-state index contributed by atoms with van der Waals surface area (Å²) in [5.74, 6) is -1.64. The van der Waals surface area contributed by atoms with E-state index < -0.39 is 17.8 Å². The topological polar surface area (TPSA) is 62.4 Å². The molecular formula is C16H14ClN2O2S-. The van der Waals surface area contributed by atoms with Gasteiger partial charge < -0.3 is 17.4 Å². The molecule has 1 aromatic rings. The number of hydrogen-bond acceptors (Lipinski definition) is 5. The Morgan fingerprint density at radius 1 is 1.45 bits per heavy atom. The van der Waals surface area contributed by atoms with Crippen LogP contribution < -0.4 is 0 Å². The fourth-order valence-corrected chi connectivity index (χ4v) is 2.92. The van der Waals surface area contributed by atoms with Crippen LogP contribution in [-0.2, 0) is 22.2 Å². The van der Waals surface area contributed by atoms with Gasteiger partial charge in [0.05, 0.1) is 24.2 Å². The van der Waals surface area contributed by atoms with Gasteiger partial charge in [-0.05, 0) is 31.5 Å². The molecule has 6 heteroatoms. The number of benzene rings is 1. The van der Waals surface area contributed by atoms with Gasteiger partial charge in [-0.3, -0.25) is 4.99 Å².